The van der Waals surface area contributed by atoms with Crippen molar-refractivity contribution >= 4 is 5.97 Å². The van der Waals surface area contributed by atoms with Crippen LogP contribution in [0.2, 0.25) is 0 Å². The second kappa shape index (κ2) is 3.53. The first-order valence-corrected chi connectivity index (χ1v) is 4.21. The van der Waals surface area contributed by atoms with Gasteiger partial charge in [-0.05, 0) is 18.2 Å². The Labute approximate surface area is 84.4 Å². The molecule has 0 aliphatic heterocycles. The van der Waals surface area contributed by atoms with Crippen LogP contribution < -0.4 is 0 Å². The fourth-order valence-electron chi connectivity index (χ4n) is 1.37. The van der Waals surface area contributed by atoms with Crippen molar-refractivity contribution in [2.75, 3.05) is 0 Å². The summed E-state index contributed by atoms with van der Waals surface area (Å²) in [5.41, 5.74) is 0.298. The third-order valence-corrected chi connectivity index (χ3v) is 2.01. The first-order chi connectivity index (χ1) is 7.20. The molecule has 2 rings (SSSR count). The quantitative estimate of drug-likeness (QED) is 0.788. The zero-order valence-corrected chi connectivity index (χ0v) is 7.57. The van der Waals surface area contributed by atoms with Gasteiger partial charge < -0.3 is 5.11 Å². The molecule has 2 N–H and O–H groups in total. The second-order valence-corrected chi connectivity index (χ2v) is 2.94. The summed E-state index contributed by atoms with van der Waals surface area (Å²) < 4.78 is 13.5. The lowest BCUT2D eigenvalue weighted by atomic mass is 10.0. The number of halogens is 1. The molecule has 15 heavy (non-hydrogen) atoms. The standard InChI is InChI=1S/C10H7FN2O2/c11-7-3-1-2-6(10(14)15)9(7)8-4-5-12-13-8/h1-5H,(H,12,13)(H,14,15). The highest BCUT2D eigenvalue weighted by molar-refractivity contribution is 5.95. The normalized spacial score (nSPS) is 10.2. The Bertz CT molecular complexity index is 494. The number of carboxylic acids is 1. The van der Waals surface area contributed by atoms with Crippen molar-refractivity contribution in [3.63, 3.8) is 0 Å². The molecule has 4 nitrogen and oxygen atoms in total. The van der Waals surface area contributed by atoms with Crippen LogP contribution in [-0.4, -0.2) is 21.3 Å². The van der Waals surface area contributed by atoms with Crippen LogP contribution in [0.3, 0.4) is 0 Å². The summed E-state index contributed by atoms with van der Waals surface area (Å²) in [7, 11) is 0. The molecule has 0 spiro atoms. The molecular weight excluding hydrogens is 199 g/mol. The minimum absolute atomic E-state index is 0.0301. The van der Waals surface area contributed by atoms with E-state index in [9.17, 15) is 9.18 Å². The van der Waals surface area contributed by atoms with E-state index in [4.69, 9.17) is 5.11 Å². The zero-order chi connectivity index (χ0) is 10.8. The van der Waals surface area contributed by atoms with E-state index in [0.717, 1.165) is 0 Å². The molecule has 0 unspecified atom stereocenters. The predicted octanol–water partition coefficient (Wildman–Crippen LogP) is 1.91. The highest BCUT2D eigenvalue weighted by atomic mass is 19.1. The fourth-order valence-corrected chi connectivity index (χ4v) is 1.37. The van der Waals surface area contributed by atoms with E-state index in [1.54, 1.807) is 0 Å². The van der Waals surface area contributed by atoms with E-state index < -0.39 is 11.8 Å². The van der Waals surface area contributed by atoms with Crippen LogP contribution in [-0.2, 0) is 0 Å². The molecule has 5 heteroatoms. The lowest BCUT2D eigenvalue weighted by molar-refractivity contribution is 0.0697. The number of hydrogen-bond acceptors (Lipinski definition) is 2. The molecule has 0 atom stereocenters. The van der Waals surface area contributed by atoms with Crippen LogP contribution in [0.4, 0.5) is 4.39 Å². The van der Waals surface area contributed by atoms with Gasteiger partial charge in [0.25, 0.3) is 0 Å². The van der Waals surface area contributed by atoms with E-state index in [0.29, 0.717) is 5.69 Å². The Morgan fingerprint density at radius 1 is 1.40 bits per heavy atom. The summed E-state index contributed by atoms with van der Waals surface area (Å²) >= 11 is 0. The number of nitrogens with one attached hydrogen (secondary N) is 1. The number of carbonyl (C=O) groups is 1. The molecule has 0 amide bonds. The van der Waals surface area contributed by atoms with E-state index in [1.165, 1.54) is 30.5 Å². The monoisotopic (exact) mass is 206 g/mol. The number of nitrogens with zero attached hydrogens (tertiary/aromatic N) is 1. The maximum absolute atomic E-state index is 13.5. The molecule has 2 aromatic rings. The van der Waals surface area contributed by atoms with Gasteiger partial charge in [-0.15, -0.1) is 0 Å². The summed E-state index contributed by atoms with van der Waals surface area (Å²) in [6.45, 7) is 0. The first kappa shape index (κ1) is 9.39. The maximum atomic E-state index is 13.5. The average Bonchev–Trinajstić information content (AvgIpc) is 2.70. The predicted molar refractivity (Wildman–Crippen MR) is 50.9 cm³/mol. The van der Waals surface area contributed by atoms with Gasteiger partial charge in [0.2, 0.25) is 0 Å². The van der Waals surface area contributed by atoms with Gasteiger partial charge >= 0.3 is 5.97 Å². The molecule has 1 heterocycles. The number of aromatic nitrogens is 2. The van der Waals surface area contributed by atoms with Gasteiger partial charge in [-0.2, -0.15) is 5.10 Å². The summed E-state index contributed by atoms with van der Waals surface area (Å²) in [5.74, 6) is -1.75. The van der Waals surface area contributed by atoms with Gasteiger partial charge in [-0.1, -0.05) is 6.07 Å². The topological polar surface area (TPSA) is 66.0 Å². The van der Waals surface area contributed by atoms with Gasteiger partial charge in [0.1, 0.15) is 5.82 Å². The number of benzene rings is 1. The molecule has 0 aliphatic carbocycles. The molecule has 0 saturated carbocycles. The van der Waals surface area contributed by atoms with Crippen LogP contribution in [0.1, 0.15) is 10.4 Å². The minimum Gasteiger partial charge on any atom is -0.478 e. The Morgan fingerprint density at radius 3 is 2.80 bits per heavy atom. The smallest absolute Gasteiger partial charge is 0.336 e. The molecular formula is C10H7FN2O2. The van der Waals surface area contributed by atoms with Gasteiger partial charge in [-0.3, -0.25) is 5.10 Å². The van der Waals surface area contributed by atoms with Crippen LogP contribution in [0.5, 0.6) is 0 Å². The van der Waals surface area contributed by atoms with Crippen molar-refractivity contribution in [3.8, 4) is 11.3 Å². The van der Waals surface area contributed by atoms with Gasteiger partial charge in [-0.25, -0.2) is 9.18 Å². The Morgan fingerprint density at radius 2 is 2.20 bits per heavy atom. The van der Waals surface area contributed by atoms with Crippen molar-refractivity contribution in [3.05, 3.63) is 41.8 Å². The number of rotatable bonds is 2. The van der Waals surface area contributed by atoms with Crippen molar-refractivity contribution in [2.24, 2.45) is 0 Å². The third-order valence-electron chi connectivity index (χ3n) is 2.01. The van der Waals surface area contributed by atoms with Gasteiger partial charge in [0, 0.05) is 11.8 Å². The molecule has 1 aromatic heterocycles. The first-order valence-electron chi connectivity index (χ1n) is 4.21. The summed E-state index contributed by atoms with van der Waals surface area (Å²) in [5, 5.41) is 15.1. The third kappa shape index (κ3) is 1.59. The SMILES string of the molecule is O=C(O)c1cccc(F)c1-c1ccn[nH]1. The van der Waals surface area contributed by atoms with Crippen LogP contribution in [0.25, 0.3) is 11.3 Å². The number of H-pyrrole nitrogens is 1. The molecule has 0 bridgehead atoms. The molecule has 1 aromatic carbocycles. The highest BCUT2D eigenvalue weighted by Gasteiger charge is 2.16. The molecule has 0 fully saturated rings. The van der Waals surface area contributed by atoms with Gasteiger partial charge in [0.15, 0.2) is 0 Å². The zero-order valence-electron chi connectivity index (χ0n) is 7.57. The highest BCUT2D eigenvalue weighted by Crippen LogP contribution is 2.24. The summed E-state index contributed by atoms with van der Waals surface area (Å²) in [4.78, 5) is 10.9. The van der Waals surface area contributed by atoms with Crippen molar-refractivity contribution in [2.45, 2.75) is 0 Å². The maximum Gasteiger partial charge on any atom is 0.336 e. The van der Waals surface area contributed by atoms with Crippen LogP contribution in [0.15, 0.2) is 30.5 Å². The van der Waals surface area contributed by atoms with Crippen molar-refractivity contribution < 1.29 is 14.3 Å². The molecule has 76 valence electrons. The number of hydrogen-bond donors (Lipinski definition) is 2. The van der Waals surface area contributed by atoms with E-state index in [2.05, 4.69) is 10.2 Å². The van der Waals surface area contributed by atoms with Crippen LogP contribution >= 0.6 is 0 Å². The Kier molecular flexibility index (Phi) is 2.21. The van der Waals surface area contributed by atoms with E-state index in [1.807, 2.05) is 0 Å². The fraction of sp³-hybridized carbons (Fsp3) is 0. The minimum atomic E-state index is -1.17. The Hall–Kier alpha value is -2.17. The molecule has 0 saturated heterocycles. The van der Waals surface area contributed by atoms with Crippen LogP contribution in [0, 0.1) is 5.82 Å². The Balaban J connectivity index is 2.68. The van der Waals surface area contributed by atoms with Gasteiger partial charge in [0.05, 0.1) is 11.3 Å². The lowest BCUT2D eigenvalue weighted by Crippen LogP contribution is -2.01. The summed E-state index contributed by atoms with van der Waals surface area (Å²) in [6.07, 6.45) is 1.44. The number of carboxylic acid groups (broad SMARTS) is 1. The molecule has 0 radical (unpaired) electrons. The molecule has 0 aliphatic rings. The largest absolute Gasteiger partial charge is 0.478 e. The summed E-state index contributed by atoms with van der Waals surface area (Å²) in [6, 6.07) is 5.44. The van der Waals surface area contributed by atoms with E-state index in [-0.39, 0.29) is 11.1 Å². The van der Waals surface area contributed by atoms with Crippen molar-refractivity contribution in [1.82, 2.24) is 10.2 Å². The lowest BCUT2D eigenvalue weighted by Gasteiger charge is -2.04. The van der Waals surface area contributed by atoms with Crippen molar-refractivity contribution in [1.29, 1.82) is 0 Å². The number of aromatic carboxylic acids is 1. The average molecular weight is 206 g/mol. The van der Waals surface area contributed by atoms with E-state index >= 15 is 0 Å². The second-order valence-electron chi connectivity index (χ2n) is 2.94. The number of aromatic amines is 1.